The molecule has 11 heteroatoms. The standard InChI is InChI=1S/C19H22Cl2NO7P/c1-4-26-30(24,5-2)27-12-25-19(23)13(3)28-15-6-8-16(9-7-15)29-18-17(21)10-14(20)11-22-18/h6-11,13H,4-5,12H2,1-3H3. The van der Waals surface area contributed by atoms with Gasteiger partial charge in [-0.1, -0.05) is 30.1 Å². The van der Waals surface area contributed by atoms with E-state index in [4.69, 9.17) is 46.5 Å². The zero-order valence-corrected chi connectivity index (χ0v) is 19.1. The number of hydrogen-bond donors (Lipinski definition) is 0. The molecule has 8 nitrogen and oxygen atoms in total. The number of aromatic nitrogens is 1. The van der Waals surface area contributed by atoms with Crippen molar-refractivity contribution in [1.82, 2.24) is 4.98 Å². The van der Waals surface area contributed by atoms with Gasteiger partial charge in [-0.25, -0.2) is 9.78 Å². The van der Waals surface area contributed by atoms with Gasteiger partial charge in [0.25, 0.3) is 0 Å². The van der Waals surface area contributed by atoms with Crippen molar-refractivity contribution in [1.29, 1.82) is 0 Å². The van der Waals surface area contributed by atoms with Crippen LogP contribution in [-0.4, -0.2) is 36.6 Å². The maximum atomic E-state index is 12.1. The first-order chi connectivity index (χ1) is 14.3. The third-order valence-corrected chi connectivity index (χ3v) is 6.02. The Morgan fingerprint density at radius 1 is 1.13 bits per heavy atom. The van der Waals surface area contributed by atoms with Crippen LogP contribution in [0.5, 0.6) is 17.4 Å². The van der Waals surface area contributed by atoms with Crippen molar-refractivity contribution in [2.45, 2.75) is 26.9 Å². The third kappa shape index (κ3) is 7.45. The van der Waals surface area contributed by atoms with Crippen molar-refractivity contribution >= 4 is 36.8 Å². The van der Waals surface area contributed by atoms with Crippen LogP contribution in [0.1, 0.15) is 20.8 Å². The summed E-state index contributed by atoms with van der Waals surface area (Å²) < 4.78 is 38.3. The van der Waals surface area contributed by atoms with Crippen molar-refractivity contribution in [2.75, 3.05) is 19.6 Å². The second kappa shape index (κ2) is 11.5. The van der Waals surface area contributed by atoms with E-state index in [0.29, 0.717) is 16.5 Å². The van der Waals surface area contributed by atoms with Crippen LogP contribution in [-0.2, 0) is 23.1 Å². The van der Waals surface area contributed by atoms with Gasteiger partial charge in [-0.15, -0.1) is 0 Å². The lowest BCUT2D eigenvalue weighted by atomic mass is 10.3. The number of hydrogen-bond acceptors (Lipinski definition) is 8. The maximum absolute atomic E-state index is 12.1. The summed E-state index contributed by atoms with van der Waals surface area (Å²) in [5.41, 5.74) is 0. The summed E-state index contributed by atoms with van der Waals surface area (Å²) in [6.07, 6.45) is 0.682. The van der Waals surface area contributed by atoms with Crippen LogP contribution in [0.3, 0.4) is 0 Å². The Bertz CT molecular complexity index is 895. The number of rotatable bonds is 11. The van der Waals surface area contributed by atoms with Gasteiger partial charge in [0, 0.05) is 12.4 Å². The average Bonchev–Trinajstić information content (AvgIpc) is 2.71. The molecule has 2 unspecified atom stereocenters. The number of carbonyl (C=O) groups is 1. The molecule has 0 N–H and O–H groups in total. The molecule has 1 aromatic carbocycles. The van der Waals surface area contributed by atoms with Gasteiger partial charge in [0.1, 0.15) is 16.5 Å². The molecule has 0 saturated heterocycles. The number of pyridine rings is 1. The van der Waals surface area contributed by atoms with Gasteiger partial charge in [-0.2, -0.15) is 0 Å². The number of halogens is 2. The zero-order chi connectivity index (χ0) is 22.1. The van der Waals surface area contributed by atoms with E-state index in [-0.39, 0.29) is 23.7 Å². The fourth-order valence-electron chi connectivity index (χ4n) is 2.13. The minimum atomic E-state index is -3.25. The van der Waals surface area contributed by atoms with Gasteiger partial charge in [-0.3, -0.25) is 9.09 Å². The molecule has 2 rings (SSSR count). The number of carbonyl (C=O) groups excluding carboxylic acids is 1. The molecule has 0 fully saturated rings. The number of benzene rings is 1. The summed E-state index contributed by atoms with van der Waals surface area (Å²) in [5.74, 6) is 0.417. The van der Waals surface area contributed by atoms with Gasteiger partial charge in [0.05, 0.1) is 11.6 Å². The Morgan fingerprint density at radius 3 is 2.40 bits per heavy atom. The molecular formula is C19H22Cl2NO7P. The quantitative estimate of drug-likeness (QED) is 0.230. The highest BCUT2D eigenvalue weighted by Gasteiger charge is 2.23. The summed E-state index contributed by atoms with van der Waals surface area (Å²) >= 11 is 11.8. The molecule has 0 saturated carbocycles. The summed E-state index contributed by atoms with van der Waals surface area (Å²) in [7, 11) is -3.25. The van der Waals surface area contributed by atoms with Crippen LogP contribution in [0.2, 0.25) is 10.0 Å². The SMILES string of the molecule is CCOP(=O)(CC)OCOC(=O)C(C)Oc1ccc(Oc2ncc(Cl)cc2Cl)cc1. The van der Waals surface area contributed by atoms with Gasteiger partial charge in [0.2, 0.25) is 12.7 Å². The van der Waals surface area contributed by atoms with E-state index in [2.05, 4.69) is 4.98 Å². The van der Waals surface area contributed by atoms with E-state index in [1.807, 2.05) is 0 Å². The molecule has 0 bridgehead atoms. The lowest BCUT2D eigenvalue weighted by Gasteiger charge is -2.17. The minimum Gasteiger partial charge on any atom is -0.479 e. The number of esters is 1. The van der Waals surface area contributed by atoms with E-state index in [0.717, 1.165) is 0 Å². The smallest absolute Gasteiger partial charge is 0.349 e. The van der Waals surface area contributed by atoms with E-state index in [9.17, 15) is 9.36 Å². The molecule has 1 heterocycles. The van der Waals surface area contributed by atoms with Crippen LogP contribution in [0, 0.1) is 0 Å². The van der Waals surface area contributed by atoms with E-state index in [1.54, 1.807) is 38.1 Å². The predicted octanol–water partition coefficient (Wildman–Crippen LogP) is 5.71. The molecule has 0 aliphatic carbocycles. The van der Waals surface area contributed by atoms with E-state index < -0.39 is 26.5 Å². The second-order valence-corrected chi connectivity index (χ2v) is 9.04. The third-order valence-electron chi connectivity index (χ3n) is 3.62. The Balaban J connectivity index is 1.85. The Kier molecular flexibility index (Phi) is 9.39. The Hall–Kier alpha value is -1.83. The highest BCUT2D eigenvalue weighted by atomic mass is 35.5. The maximum Gasteiger partial charge on any atom is 0.349 e. The van der Waals surface area contributed by atoms with Crippen molar-refractivity contribution in [2.24, 2.45) is 0 Å². The summed E-state index contributed by atoms with van der Waals surface area (Å²) in [6.45, 7) is 4.63. The topological polar surface area (TPSA) is 93.2 Å². The van der Waals surface area contributed by atoms with Crippen molar-refractivity contribution in [3.05, 3.63) is 46.6 Å². The molecule has 0 radical (unpaired) electrons. The fourth-order valence-corrected chi connectivity index (χ4v) is 3.59. The van der Waals surface area contributed by atoms with E-state index in [1.165, 1.54) is 19.2 Å². The molecule has 0 aliphatic rings. The molecule has 2 aromatic rings. The summed E-state index contributed by atoms with van der Waals surface area (Å²) in [4.78, 5) is 16.0. The number of nitrogens with zero attached hydrogens (tertiary/aromatic N) is 1. The van der Waals surface area contributed by atoms with Crippen LogP contribution in [0.25, 0.3) is 0 Å². The van der Waals surface area contributed by atoms with Crippen LogP contribution >= 0.6 is 30.8 Å². The van der Waals surface area contributed by atoms with Crippen molar-refractivity contribution in [3.63, 3.8) is 0 Å². The molecule has 164 valence electrons. The highest BCUT2D eigenvalue weighted by Crippen LogP contribution is 2.47. The normalized spacial score (nSPS) is 13.9. The van der Waals surface area contributed by atoms with Crippen LogP contribution in [0.4, 0.5) is 0 Å². The highest BCUT2D eigenvalue weighted by molar-refractivity contribution is 7.53. The zero-order valence-electron chi connectivity index (χ0n) is 16.7. The first-order valence-electron chi connectivity index (χ1n) is 9.06. The first kappa shape index (κ1) is 24.4. The lowest BCUT2D eigenvalue weighted by Crippen LogP contribution is -2.26. The van der Waals surface area contributed by atoms with Crippen molar-refractivity contribution in [3.8, 4) is 17.4 Å². The van der Waals surface area contributed by atoms with Crippen LogP contribution < -0.4 is 9.47 Å². The largest absolute Gasteiger partial charge is 0.479 e. The fraction of sp³-hybridized carbons (Fsp3) is 0.368. The van der Waals surface area contributed by atoms with Gasteiger partial charge in [0.15, 0.2) is 6.10 Å². The Morgan fingerprint density at radius 2 is 1.80 bits per heavy atom. The van der Waals surface area contributed by atoms with Gasteiger partial charge < -0.3 is 18.7 Å². The summed E-state index contributed by atoms with van der Waals surface area (Å²) in [6, 6.07) is 8.00. The summed E-state index contributed by atoms with van der Waals surface area (Å²) in [5, 5.41) is 0.677. The van der Waals surface area contributed by atoms with Gasteiger partial charge >= 0.3 is 13.6 Å². The average molecular weight is 478 g/mol. The molecule has 0 amide bonds. The Labute approximate surface area is 184 Å². The molecule has 0 spiro atoms. The first-order valence-corrected chi connectivity index (χ1v) is 11.5. The van der Waals surface area contributed by atoms with Gasteiger partial charge in [-0.05, 0) is 44.2 Å². The molecule has 30 heavy (non-hydrogen) atoms. The number of ether oxygens (including phenoxy) is 3. The molecule has 2 atom stereocenters. The molecule has 1 aromatic heterocycles. The molecular weight excluding hydrogens is 456 g/mol. The lowest BCUT2D eigenvalue weighted by molar-refractivity contribution is -0.158. The minimum absolute atomic E-state index is 0.176. The van der Waals surface area contributed by atoms with E-state index >= 15 is 0 Å². The predicted molar refractivity (Wildman–Crippen MR) is 113 cm³/mol. The van der Waals surface area contributed by atoms with Crippen LogP contribution in [0.15, 0.2) is 36.5 Å². The monoisotopic (exact) mass is 477 g/mol. The van der Waals surface area contributed by atoms with Crippen molar-refractivity contribution < 1.29 is 32.6 Å². The second-order valence-electron chi connectivity index (χ2n) is 5.83. The molecule has 0 aliphatic heterocycles.